The molecule has 1 unspecified atom stereocenters. The monoisotopic (exact) mass is 242 g/mol. The number of carboxylic acids is 1. The van der Waals surface area contributed by atoms with Gasteiger partial charge in [-0.2, -0.15) is 0 Å². The first-order chi connectivity index (χ1) is 7.91. The van der Waals surface area contributed by atoms with Crippen molar-refractivity contribution in [1.29, 1.82) is 0 Å². The Bertz CT molecular complexity index is 287. The third-order valence-electron chi connectivity index (χ3n) is 3.13. The van der Waals surface area contributed by atoms with E-state index >= 15 is 0 Å². The smallest absolute Gasteiger partial charge is 0.317 e. The van der Waals surface area contributed by atoms with Gasteiger partial charge < -0.3 is 15.3 Å². The maximum Gasteiger partial charge on any atom is 0.317 e. The molecule has 1 atom stereocenters. The normalized spacial score (nSPS) is 16.7. The molecule has 0 spiro atoms. The fraction of sp³-hybridized carbons (Fsp3) is 0.833. The van der Waals surface area contributed by atoms with Crippen molar-refractivity contribution in [3.63, 3.8) is 0 Å². The first kappa shape index (κ1) is 13.8. The zero-order valence-electron chi connectivity index (χ0n) is 10.8. The number of urea groups is 1. The molecule has 98 valence electrons. The van der Waals surface area contributed by atoms with Gasteiger partial charge in [0.25, 0.3) is 0 Å². The molecule has 1 fully saturated rings. The van der Waals surface area contributed by atoms with Crippen LogP contribution in [-0.4, -0.2) is 40.6 Å². The number of rotatable bonds is 6. The quantitative estimate of drug-likeness (QED) is 0.744. The number of carboxylic acid groups (broad SMARTS) is 1. The van der Waals surface area contributed by atoms with Gasteiger partial charge in [-0.05, 0) is 39.5 Å². The SMILES string of the molecule is CC(NC(=O)N(CCC(=O)O)C(C)C)C1CC1. The van der Waals surface area contributed by atoms with Gasteiger partial charge in [-0.15, -0.1) is 0 Å². The highest BCUT2D eigenvalue weighted by atomic mass is 16.4. The van der Waals surface area contributed by atoms with Gasteiger partial charge in [-0.25, -0.2) is 4.79 Å². The van der Waals surface area contributed by atoms with Gasteiger partial charge >= 0.3 is 12.0 Å². The molecular weight excluding hydrogens is 220 g/mol. The molecule has 0 saturated heterocycles. The number of carbonyl (C=O) groups is 2. The molecule has 0 heterocycles. The highest BCUT2D eigenvalue weighted by Crippen LogP contribution is 2.32. The number of carbonyl (C=O) groups excluding carboxylic acids is 1. The van der Waals surface area contributed by atoms with Crippen LogP contribution in [0, 0.1) is 5.92 Å². The molecule has 1 rings (SSSR count). The predicted molar refractivity (Wildman–Crippen MR) is 64.8 cm³/mol. The maximum atomic E-state index is 12.0. The van der Waals surface area contributed by atoms with E-state index < -0.39 is 5.97 Å². The van der Waals surface area contributed by atoms with Gasteiger partial charge in [0.2, 0.25) is 0 Å². The molecule has 5 nitrogen and oxygen atoms in total. The highest BCUT2D eigenvalue weighted by Gasteiger charge is 2.30. The summed E-state index contributed by atoms with van der Waals surface area (Å²) in [6.07, 6.45) is 2.35. The van der Waals surface area contributed by atoms with E-state index in [9.17, 15) is 9.59 Å². The Morgan fingerprint density at radius 2 is 1.94 bits per heavy atom. The molecule has 2 amide bonds. The Hall–Kier alpha value is -1.26. The second-order valence-corrected chi connectivity index (χ2v) is 5.01. The lowest BCUT2D eigenvalue weighted by Gasteiger charge is -2.28. The molecule has 0 aromatic carbocycles. The molecule has 0 radical (unpaired) electrons. The van der Waals surface area contributed by atoms with Crippen molar-refractivity contribution in [2.75, 3.05) is 6.54 Å². The molecule has 1 saturated carbocycles. The van der Waals surface area contributed by atoms with Crippen LogP contribution in [0.5, 0.6) is 0 Å². The Kier molecular flexibility index (Phi) is 4.78. The van der Waals surface area contributed by atoms with Crippen LogP contribution in [0.15, 0.2) is 0 Å². The van der Waals surface area contributed by atoms with Crippen molar-refractivity contribution in [2.45, 2.75) is 52.1 Å². The average Bonchev–Trinajstić information content (AvgIpc) is 2.99. The maximum absolute atomic E-state index is 12.0. The van der Waals surface area contributed by atoms with Crippen molar-refractivity contribution in [3.05, 3.63) is 0 Å². The molecule has 2 N–H and O–H groups in total. The van der Waals surface area contributed by atoms with Crippen molar-refractivity contribution in [2.24, 2.45) is 5.92 Å². The number of hydrogen-bond acceptors (Lipinski definition) is 2. The summed E-state index contributed by atoms with van der Waals surface area (Å²) in [5.74, 6) is -0.272. The van der Waals surface area contributed by atoms with Gasteiger partial charge in [0.05, 0.1) is 6.42 Å². The first-order valence-corrected chi connectivity index (χ1v) is 6.20. The average molecular weight is 242 g/mol. The number of aliphatic carboxylic acids is 1. The molecule has 5 heteroatoms. The Balaban J connectivity index is 2.44. The lowest BCUT2D eigenvalue weighted by molar-refractivity contribution is -0.137. The van der Waals surface area contributed by atoms with E-state index in [1.54, 1.807) is 4.90 Å². The molecule has 0 aromatic heterocycles. The summed E-state index contributed by atoms with van der Waals surface area (Å²) in [5, 5.41) is 11.6. The van der Waals surface area contributed by atoms with Crippen LogP contribution in [0.4, 0.5) is 4.79 Å². The van der Waals surface area contributed by atoms with Crippen LogP contribution in [0.3, 0.4) is 0 Å². The van der Waals surface area contributed by atoms with Crippen molar-refractivity contribution < 1.29 is 14.7 Å². The second-order valence-electron chi connectivity index (χ2n) is 5.01. The number of nitrogens with one attached hydrogen (secondary N) is 1. The summed E-state index contributed by atoms with van der Waals surface area (Å²) in [7, 11) is 0. The minimum Gasteiger partial charge on any atom is -0.481 e. The molecule has 0 aromatic rings. The third kappa shape index (κ3) is 4.63. The minimum atomic E-state index is -0.876. The van der Waals surface area contributed by atoms with Gasteiger partial charge in [0.15, 0.2) is 0 Å². The summed E-state index contributed by atoms with van der Waals surface area (Å²) < 4.78 is 0. The van der Waals surface area contributed by atoms with Gasteiger partial charge in [0, 0.05) is 18.6 Å². The first-order valence-electron chi connectivity index (χ1n) is 6.20. The minimum absolute atomic E-state index is 0.0105. The van der Waals surface area contributed by atoms with Gasteiger partial charge in [0.1, 0.15) is 0 Å². The fourth-order valence-corrected chi connectivity index (χ4v) is 1.80. The van der Waals surface area contributed by atoms with E-state index in [1.165, 1.54) is 12.8 Å². The molecule has 0 bridgehead atoms. The summed E-state index contributed by atoms with van der Waals surface area (Å²) in [4.78, 5) is 24.1. The van der Waals surface area contributed by atoms with E-state index in [4.69, 9.17) is 5.11 Å². The Morgan fingerprint density at radius 3 is 2.35 bits per heavy atom. The van der Waals surface area contributed by atoms with Crippen LogP contribution >= 0.6 is 0 Å². The third-order valence-corrected chi connectivity index (χ3v) is 3.13. The molecule has 17 heavy (non-hydrogen) atoms. The number of hydrogen-bond donors (Lipinski definition) is 2. The second kappa shape index (κ2) is 5.89. The highest BCUT2D eigenvalue weighted by molar-refractivity contribution is 5.76. The van der Waals surface area contributed by atoms with Crippen LogP contribution < -0.4 is 5.32 Å². The molecule has 1 aliphatic rings. The Morgan fingerprint density at radius 1 is 1.35 bits per heavy atom. The Labute approximate surface area is 102 Å². The molecule has 1 aliphatic carbocycles. The summed E-state index contributed by atoms with van der Waals surface area (Å²) in [6, 6.07) is 0.0509. The predicted octanol–water partition coefficient (Wildman–Crippen LogP) is 1.68. The van der Waals surface area contributed by atoms with Gasteiger partial charge in [-0.1, -0.05) is 0 Å². The van der Waals surface area contributed by atoms with E-state index in [-0.39, 0.29) is 31.1 Å². The van der Waals surface area contributed by atoms with Crippen LogP contribution in [0.1, 0.15) is 40.0 Å². The molecular formula is C12H22N2O3. The van der Waals surface area contributed by atoms with E-state index in [0.29, 0.717) is 5.92 Å². The van der Waals surface area contributed by atoms with Crippen LogP contribution in [0.25, 0.3) is 0 Å². The summed E-state index contributed by atoms with van der Waals surface area (Å²) in [6.45, 7) is 6.05. The van der Waals surface area contributed by atoms with E-state index in [2.05, 4.69) is 5.32 Å². The summed E-state index contributed by atoms with van der Waals surface area (Å²) >= 11 is 0. The standard InChI is InChI=1S/C12H22N2O3/c1-8(2)14(7-6-11(15)16)12(17)13-9(3)10-4-5-10/h8-10H,4-7H2,1-3H3,(H,13,17)(H,15,16). The van der Waals surface area contributed by atoms with Crippen molar-refractivity contribution in [1.82, 2.24) is 10.2 Å². The van der Waals surface area contributed by atoms with Crippen molar-refractivity contribution in [3.8, 4) is 0 Å². The lowest BCUT2D eigenvalue weighted by Crippen LogP contribution is -2.48. The van der Waals surface area contributed by atoms with Gasteiger partial charge in [-0.3, -0.25) is 4.79 Å². The van der Waals surface area contributed by atoms with E-state index in [1.807, 2.05) is 20.8 Å². The van der Waals surface area contributed by atoms with Crippen molar-refractivity contribution >= 4 is 12.0 Å². The topological polar surface area (TPSA) is 69.6 Å². The fourth-order valence-electron chi connectivity index (χ4n) is 1.80. The summed E-state index contributed by atoms with van der Waals surface area (Å²) in [5.41, 5.74) is 0. The zero-order valence-corrected chi connectivity index (χ0v) is 10.8. The zero-order chi connectivity index (χ0) is 13.0. The largest absolute Gasteiger partial charge is 0.481 e. The van der Waals surface area contributed by atoms with Crippen LogP contribution in [-0.2, 0) is 4.79 Å². The number of amides is 2. The number of nitrogens with zero attached hydrogens (tertiary/aromatic N) is 1. The van der Waals surface area contributed by atoms with Crippen LogP contribution in [0.2, 0.25) is 0 Å². The van der Waals surface area contributed by atoms with E-state index in [0.717, 1.165) is 0 Å². The lowest BCUT2D eigenvalue weighted by atomic mass is 10.2. The molecule has 0 aliphatic heterocycles.